The molecule has 0 fully saturated rings. The second kappa shape index (κ2) is 6.58. The Morgan fingerprint density at radius 1 is 1.15 bits per heavy atom. The fourth-order valence-electron chi connectivity index (χ4n) is 1.73. The maximum Gasteiger partial charge on any atom is 0.315 e. The lowest BCUT2D eigenvalue weighted by molar-refractivity contribution is -0.138. The third-order valence-electron chi connectivity index (χ3n) is 2.80. The van der Waals surface area contributed by atoms with Gasteiger partial charge in [-0.15, -0.1) is 0 Å². The molecule has 7 nitrogen and oxygen atoms in total. The summed E-state index contributed by atoms with van der Waals surface area (Å²) in [7, 11) is 0. The number of nitrogens with two attached hydrogens (primary N) is 1. The Labute approximate surface area is 119 Å². The summed E-state index contributed by atoms with van der Waals surface area (Å²) < 4.78 is 0. The number of hydrogen-bond acceptors (Lipinski definition) is 3. The van der Waals surface area contributed by atoms with Crippen LogP contribution in [0.4, 0.5) is 4.79 Å². The van der Waals surface area contributed by atoms with Crippen LogP contribution in [0.1, 0.15) is 47.5 Å². The summed E-state index contributed by atoms with van der Waals surface area (Å²) in [5, 5.41) is 14.1. The fourth-order valence-corrected chi connectivity index (χ4v) is 1.73. The van der Waals surface area contributed by atoms with Crippen LogP contribution in [0.15, 0.2) is 0 Å². The first kappa shape index (κ1) is 18.2. The van der Waals surface area contributed by atoms with Crippen molar-refractivity contribution in [1.29, 1.82) is 0 Å². The molecule has 116 valence electrons. The predicted molar refractivity (Wildman–Crippen MR) is 75.1 cm³/mol. The highest BCUT2D eigenvalue weighted by atomic mass is 16.4. The van der Waals surface area contributed by atoms with E-state index in [4.69, 9.17) is 10.8 Å². The molecule has 0 aromatic heterocycles. The molecule has 0 saturated heterocycles. The monoisotopic (exact) mass is 287 g/mol. The molecule has 20 heavy (non-hydrogen) atoms. The molecule has 0 saturated carbocycles. The van der Waals surface area contributed by atoms with Crippen molar-refractivity contribution in [2.24, 2.45) is 11.1 Å². The lowest BCUT2D eigenvalue weighted by Gasteiger charge is -2.32. The molecule has 0 heterocycles. The predicted octanol–water partition coefficient (Wildman–Crippen LogP) is 0.829. The first-order chi connectivity index (χ1) is 8.83. The van der Waals surface area contributed by atoms with Gasteiger partial charge in [-0.2, -0.15) is 0 Å². The Bertz CT molecular complexity index is 386. The molecule has 0 aliphatic heterocycles. The van der Waals surface area contributed by atoms with Gasteiger partial charge in [-0.05, 0) is 19.3 Å². The number of hydrogen-bond donors (Lipinski definition) is 4. The molecule has 0 rings (SSSR count). The first-order valence-electron chi connectivity index (χ1n) is 6.42. The van der Waals surface area contributed by atoms with Gasteiger partial charge in [-0.3, -0.25) is 9.59 Å². The molecule has 0 aromatic carbocycles. The maximum atomic E-state index is 11.9. The minimum atomic E-state index is -0.985. The summed E-state index contributed by atoms with van der Waals surface area (Å²) in [6, 6.07) is -1.04. The highest BCUT2D eigenvalue weighted by molar-refractivity contribution is 5.79. The maximum absolute atomic E-state index is 11.9. The Balaban J connectivity index is 4.69. The van der Waals surface area contributed by atoms with Crippen LogP contribution in [-0.4, -0.2) is 34.6 Å². The zero-order valence-electron chi connectivity index (χ0n) is 12.7. The minimum absolute atomic E-state index is 0.000461. The Morgan fingerprint density at radius 3 is 2.00 bits per heavy atom. The molecular weight excluding hydrogens is 262 g/mol. The van der Waals surface area contributed by atoms with Gasteiger partial charge in [0.1, 0.15) is 0 Å². The Kier molecular flexibility index (Phi) is 5.99. The van der Waals surface area contributed by atoms with E-state index >= 15 is 0 Å². The normalized spacial score (nSPS) is 13.4. The van der Waals surface area contributed by atoms with Gasteiger partial charge >= 0.3 is 12.0 Å². The summed E-state index contributed by atoms with van der Waals surface area (Å²) in [6.45, 7) is 8.86. The van der Waals surface area contributed by atoms with Crippen LogP contribution in [0.25, 0.3) is 0 Å². The molecule has 5 N–H and O–H groups in total. The molecule has 0 radical (unpaired) electrons. The Hall–Kier alpha value is -1.79. The number of urea groups is 1. The van der Waals surface area contributed by atoms with E-state index in [2.05, 4.69) is 10.6 Å². The van der Waals surface area contributed by atoms with Gasteiger partial charge in [-0.25, -0.2) is 4.79 Å². The number of nitrogens with one attached hydrogen (secondary N) is 2. The summed E-state index contributed by atoms with van der Waals surface area (Å²) in [6.07, 6.45) is -0.174. The smallest absolute Gasteiger partial charge is 0.315 e. The molecule has 0 spiro atoms. The number of primary amides is 1. The van der Waals surface area contributed by atoms with E-state index in [0.29, 0.717) is 0 Å². The van der Waals surface area contributed by atoms with Crippen LogP contribution in [0, 0.1) is 5.41 Å². The van der Waals surface area contributed by atoms with Crippen molar-refractivity contribution in [1.82, 2.24) is 10.6 Å². The third-order valence-corrected chi connectivity index (χ3v) is 2.80. The molecule has 1 atom stereocenters. The molecule has 0 aromatic rings. The SMILES string of the molecule is CC(C)(CC(N)=O)NC(=O)NC(CC(=O)O)C(C)(C)C. The van der Waals surface area contributed by atoms with Crippen LogP contribution in [0.3, 0.4) is 0 Å². The van der Waals surface area contributed by atoms with E-state index < -0.39 is 34.9 Å². The van der Waals surface area contributed by atoms with Crippen molar-refractivity contribution in [2.45, 2.75) is 59.0 Å². The van der Waals surface area contributed by atoms with Crippen molar-refractivity contribution in [2.75, 3.05) is 0 Å². The molecule has 0 aliphatic carbocycles. The van der Waals surface area contributed by atoms with E-state index in [-0.39, 0.29) is 12.8 Å². The average molecular weight is 287 g/mol. The van der Waals surface area contributed by atoms with Crippen molar-refractivity contribution < 1.29 is 19.5 Å². The second-order valence-corrected chi connectivity index (χ2v) is 6.64. The molecule has 3 amide bonds. The molecule has 7 heteroatoms. The van der Waals surface area contributed by atoms with Gasteiger partial charge in [0.15, 0.2) is 0 Å². The van der Waals surface area contributed by atoms with E-state index in [9.17, 15) is 14.4 Å². The lowest BCUT2D eigenvalue weighted by atomic mass is 9.85. The highest BCUT2D eigenvalue weighted by Crippen LogP contribution is 2.22. The lowest BCUT2D eigenvalue weighted by Crippen LogP contribution is -2.55. The second-order valence-electron chi connectivity index (χ2n) is 6.64. The third kappa shape index (κ3) is 7.60. The van der Waals surface area contributed by atoms with Crippen LogP contribution in [-0.2, 0) is 9.59 Å². The van der Waals surface area contributed by atoms with Gasteiger partial charge in [-0.1, -0.05) is 20.8 Å². The van der Waals surface area contributed by atoms with E-state index in [1.54, 1.807) is 13.8 Å². The van der Waals surface area contributed by atoms with Crippen LogP contribution >= 0.6 is 0 Å². The average Bonchev–Trinajstić information content (AvgIpc) is 2.10. The molecule has 1 unspecified atom stereocenters. The number of carboxylic acid groups (broad SMARTS) is 1. The Morgan fingerprint density at radius 2 is 1.65 bits per heavy atom. The number of carbonyl (C=O) groups excluding carboxylic acids is 2. The van der Waals surface area contributed by atoms with Gasteiger partial charge in [0, 0.05) is 18.0 Å². The number of aliphatic carboxylic acids is 1. The van der Waals surface area contributed by atoms with Crippen LogP contribution < -0.4 is 16.4 Å². The summed E-state index contributed by atoms with van der Waals surface area (Å²) in [5.74, 6) is -1.50. The van der Waals surface area contributed by atoms with E-state index in [0.717, 1.165) is 0 Å². The number of carbonyl (C=O) groups is 3. The largest absolute Gasteiger partial charge is 0.481 e. The summed E-state index contributed by atoms with van der Waals surface area (Å²) >= 11 is 0. The zero-order valence-corrected chi connectivity index (χ0v) is 12.7. The van der Waals surface area contributed by atoms with Crippen molar-refractivity contribution in [3.05, 3.63) is 0 Å². The van der Waals surface area contributed by atoms with Gasteiger partial charge in [0.05, 0.1) is 6.42 Å². The molecule has 0 aliphatic rings. The van der Waals surface area contributed by atoms with Crippen LogP contribution in [0.2, 0.25) is 0 Å². The fraction of sp³-hybridized carbons (Fsp3) is 0.769. The number of rotatable bonds is 6. The summed E-state index contributed by atoms with van der Waals surface area (Å²) in [4.78, 5) is 33.6. The van der Waals surface area contributed by atoms with Gasteiger partial charge in [0.2, 0.25) is 5.91 Å². The summed E-state index contributed by atoms with van der Waals surface area (Å²) in [5.41, 5.74) is 3.91. The van der Waals surface area contributed by atoms with Gasteiger partial charge in [0.25, 0.3) is 0 Å². The van der Waals surface area contributed by atoms with Crippen molar-refractivity contribution in [3.63, 3.8) is 0 Å². The molecular formula is C13H25N3O4. The van der Waals surface area contributed by atoms with Gasteiger partial charge < -0.3 is 21.5 Å². The standard InChI is InChI=1S/C13H25N3O4/c1-12(2,3)8(6-10(18)19)15-11(20)16-13(4,5)7-9(14)17/h8H,6-7H2,1-5H3,(H2,14,17)(H,18,19)(H2,15,16,20). The van der Waals surface area contributed by atoms with Crippen LogP contribution in [0.5, 0.6) is 0 Å². The number of amides is 3. The zero-order chi connectivity index (χ0) is 16.1. The highest BCUT2D eigenvalue weighted by Gasteiger charge is 2.30. The van der Waals surface area contributed by atoms with E-state index in [1.165, 1.54) is 0 Å². The topological polar surface area (TPSA) is 122 Å². The first-order valence-corrected chi connectivity index (χ1v) is 6.42. The van der Waals surface area contributed by atoms with E-state index in [1.807, 2.05) is 20.8 Å². The molecule has 0 bridgehead atoms. The quantitative estimate of drug-likeness (QED) is 0.578. The van der Waals surface area contributed by atoms with Crippen molar-refractivity contribution >= 4 is 17.9 Å². The van der Waals surface area contributed by atoms with Crippen molar-refractivity contribution in [3.8, 4) is 0 Å². The number of carboxylic acids is 1. The minimum Gasteiger partial charge on any atom is -0.481 e.